The Hall–Kier alpha value is -3.05. The number of carbonyl (C=O) groups is 1. The molecule has 4 aromatic rings. The summed E-state index contributed by atoms with van der Waals surface area (Å²) in [5.74, 6) is 0.657. The van der Waals surface area contributed by atoms with Gasteiger partial charge in [-0.05, 0) is 69.0 Å². The third-order valence-electron chi connectivity index (χ3n) is 5.66. The first kappa shape index (κ1) is 20.2. The predicted molar refractivity (Wildman–Crippen MR) is 120 cm³/mol. The molecule has 154 valence electrons. The number of carbonyl (C=O) groups excluding carboxylic acids is 1. The summed E-state index contributed by atoms with van der Waals surface area (Å²) >= 11 is 6.01. The SMILES string of the molecule is Cc1ccc(Cl)cc1NC(=O)CCc1c(C)c2cc3c(C)c(C)oc3cc2oc1=O. The van der Waals surface area contributed by atoms with Crippen LogP contribution in [0.15, 0.2) is 44.0 Å². The first-order valence-electron chi connectivity index (χ1n) is 9.76. The van der Waals surface area contributed by atoms with E-state index in [4.69, 9.17) is 20.4 Å². The van der Waals surface area contributed by atoms with Crippen molar-refractivity contribution in [3.63, 3.8) is 0 Å². The van der Waals surface area contributed by atoms with Crippen molar-refractivity contribution >= 4 is 45.1 Å². The van der Waals surface area contributed by atoms with Gasteiger partial charge in [0.05, 0.1) is 0 Å². The van der Waals surface area contributed by atoms with Gasteiger partial charge in [-0.1, -0.05) is 17.7 Å². The van der Waals surface area contributed by atoms with E-state index in [0.29, 0.717) is 27.4 Å². The number of hydrogen-bond acceptors (Lipinski definition) is 4. The van der Waals surface area contributed by atoms with E-state index in [1.165, 1.54) is 0 Å². The highest BCUT2D eigenvalue weighted by Crippen LogP contribution is 2.31. The van der Waals surface area contributed by atoms with Crippen molar-refractivity contribution in [3.8, 4) is 0 Å². The Kier molecular flexibility index (Phi) is 5.16. The number of aryl methyl sites for hydroxylation is 4. The highest BCUT2D eigenvalue weighted by atomic mass is 35.5. The lowest BCUT2D eigenvalue weighted by molar-refractivity contribution is -0.116. The molecule has 5 nitrogen and oxygen atoms in total. The lowest BCUT2D eigenvalue weighted by Gasteiger charge is -2.10. The molecule has 2 heterocycles. The fraction of sp³-hybridized carbons (Fsp3) is 0.250. The van der Waals surface area contributed by atoms with E-state index in [1.807, 2.05) is 39.8 Å². The minimum Gasteiger partial charge on any atom is -0.461 e. The smallest absolute Gasteiger partial charge is 0.339 e. The summed E-state index contributed by atoms with van der Waals surface area (Å²) in [5, 5.41) is 5.27. The van der Waals surface area contributed by atoms with Gasteiger partial charge in [-0.15, -0.1) is 0 Å². The largest absolute Gasteiger partial charge is 0.461 e. The maximum Gasteiger partial charge on any atom is 0.339 e. The van der Waals surface area contributed by atoms with Crippen molar-refractivity contribution in [2.75, 3.05) is 5.32 Å². The summed E-state index contributed by atoms with van der Waals surface area (Å²) in [5.41, 5.74) is 4.75. The van der Waals surface area contributed by atoms with Crippen LogP contribution in [0.3, 0.4) is 0 Å². The molecule has 0 saturated carbocycles. The summed E-state index contributed by atoms with van der Waals surface area (Å²) in [7, 11) is 0. The lowest BCUT2D eigenvalue weighted by atomic mass is 10.0. The van der Waals surface area contributed by atoms with Crippen LogP contribution in [-0.2, 0) is 11.2 Å². The van der Waals surface area contributed by atoms with E-state index < -0.39 is 5.63 Å². The molecule has 0 fully saturated rings. The number of benzene rings is 2. The van der Waals surface area contributed by atoms with Crippen LogP contribution in [0, 0.1) is 27.7 Å². The van der Waals surface area contributed by atoms with Crippen molar-refractivity contribution in [1.82, 2.24) is 0 Å². The van der Waals surface area contributed by atoms with E-state index in [0.717, 1.165) is 33.2 Å². The third kappa shape index (κ3) is 3.61. The van der Waals surface area contributed by atoms with Gasteiger partial charge in [-0.3, -0.25) is 4.79 Å². The molecule has 30 heavy (non-hydrogen) atoms. The van der Waals surface area contributed by atoms with Crippen LogP contribution in [0.1, 0.15) is 34.4 Å². The van der Waals surface area contributed by atoms with Gasteiger partial charge in [0.25, 0.3) is 0 Å². The predicted octanol–water partition coefficient (Wildman–Crippen LogP) is 6.00. The molecule has 4 rings (SSSR count). The zero-order chi connectivity index (χ0) is 21.6. The fourth-order valence-electron chi connectivity index (χ4n) is 3.69. The standard InChI is InChI=1S/C24H22ClNO4/c1-12-5-6-16(25)9-20(12)26-23(27)8-7-17-14(3)19-10-18-13(2)15(4)29-21(18)11-22(19)30-24(17)28/h5-6,9-11H,7-8H2,1-4H3,(H,26,27). The maximum absolute atomic E-state index is 12.6. The van der Waals surface area contributed by atoms with Gasteiger partial charge >= 0.3 is 5.63 Å². The molecular formula is C24H22ClNO4. The van der Waals surface area contributed by atoms with Crippen LogP contribution in [0.2, 0.25) is 5.02 Å². The fourth-order valence-corrected chi connectivity index (χ4v) is 3.87. The van der Waals surface area contributed by atoms with Gasteiger partial charge in [0, 0.05) is 39.5 Å². The Balaban J connectivity index is 1.63. The molecule has 1 amide bonds. The number of hydrogen-bond donors (Lipinski definition) is 1. The van der Waals surface area contributed by atoms with Gasteiger partial charge in [0.1, 0.15) is 16.9 Å². The second-order valence-electron chi connectivity index (χ2n) is 7.63. The molecule has 2 aromatic heterocycles. The summed E-state index contributed by atoms with van der Waals surface area (Å²) in [6.07, 6.45) is 0.451. The molecule has 0 atom stereocenters. The van der Waals surface area contributed by atoms with E-state index in [1.54, 1.807) is 18.2 Å². The molecule has 0 spiro atoms. The molecule has 0 aliphatic carbocycles. The quantitative estimate of drug-likeness (QED) is 0.409. The van der Waals surface area contributed by atoms with Crippen molar-refractivity contribution in [2.24, 2.45) is 0 Å². The highest BCUT2D eigenvalue weighted by molar-refractivity contribution is 6.31. The molecule has 2 aromatic carbocycles. The molecule has 0 aliphatic heterocycles. The summed E-state index contributed by atoms with van der Waals surface area (Å²) in [6, 6.07) is 9.09. The van der Waals surface area contributed by atoms with Crippen LogP contribution in [0.5, 0.6) is 0 Å². The van der Waals surface area contributed by atoms with E-state index in [2.05, 4.69) is 5.32 Å². The van der Waals surface area contributed by atoms with E-state index >= 15 is 0 Å². The zero-order valence-electron chi connectivity index (χ0n) is 17.3. The number of furan rings is 1. The molecule has 0 unspecified atom stereocenters. The number of rotatable bonds is 4. The Labute approximate surface area is 178 Å². The Morgan fingerprint density at radius 1 is 0.967 bits per heavy atom. The second-order valence-corrected chi connectivity index (χ2v) is 8.06. The lowest BCUT2D eigenvalue weighted by Crippen LogP contribution is -2.17. The maximum atomic E-state index is 12.6. The van der Waals surface area contributed by atoms with Crippen molar-refractivity contribution in [1.29, 1.82) is 0 Å². The van der Waals surface area contributed by atoms with E-state index in [9.17, 15) is 9.59 Å². The number of amides is 1. The highest BCUT2D eigenvalue weighted by Gasteiger charge is 2.16. The molecule has 1 N–H and O–H groups in total. The minimum absolute atomic E-state index is 0.162. The van der Waals surface area contributed by atoms with Gasteiger partial charge < -0.3 is 14.2 Å². The Morgan fingerprint density at radius 2 is 1.67 bits per heavy atom. The summed E-state index contributed by atoms with van der Waals surface area (Å²) < 4.78 is 11.3. The van der Waals surface area contributed by atoms with Crippen LogP contribution in [0.4, 0.5) is 5.69 Å². The number of nitrogens with one attached hydrogen (secondary N) is 1. The van der Waals surface area contributed by atoms with Crippen LogP contribution < -0.4 is 10.9 Å². The number of anilines is 1. The van der Waals surface area contributed by atoms with Crippen LogP contribution >= 0.6 is 11.6 Å². The van der Waals surface area contributed by atoms with E-state index in [-0.39, 0.29) is 18.7 Å². The van der Waals surface area contributed by atoms with Crippen molar-refractivity contribution in [3.05, 3.63) is 73.8 Å². The zero-order valence-corrected chi connectivity index (χ0v) is 18.1. The van der Waals surface area contributed by atoms with Gasteiger partial charge in [-0.25, -0.2) is 4.79 Å². The monoisotopic (exact) mass is 423 g/mol. The normalized spacial score (nSPS) is 11.4. The molecular weight excluding hydrogens is 402 g/mol. The molecule has 0 aliphatic rings. The summed E-state index contributed by atoms with van der Waals surface area (Å²) in [6.45, 7) is 7.70. The number of fused-ring (bicyclic) bond motifs is 2. The number of halogens is 1. The van der Waals surface area contributed by atoms with Gasteiger partial charge in [-0.2, -0.15) is 0 Å². The Bertz CT molecular complexity index is 1360. The Morgan fingerprint density at radius 3 is 2.43 bits per heavy atom. The molecule has 0 radical (unpaired) electrons. The molecule has 0 bridgehead atoms. The second kappa shape index (κ2) is 7.65. The third-order valence-corrected chi connectivity index (χ3v) is 5.89. The summed E-state index contributed by atoms with van der Waals surface area (Å²) in [4.78, 5) is 25.0. The van der Waals surface area contributed by atoms with Gasteiger partial charge in [0.2, 0.25) is 5.91 Å². The average molecular weight is 424 g/mol. The van der Waals surface area contributed by atoms with Crippen molar-refractivity contribution < 1.29 is 13.6 Å². The van der Waals surface area contributed by atoms with Gasteiger partial charge in [0.15, 0.2) is 0 Å². The first-order valence-corrected chi connectivity index (χ1v) is 10.1. The van der Waals surface area contributed by atoms with Crippen LogP contribution in [0.25, 0.3) is 21.9 Å². The van der Waals surface area contributed by atoms with Crippen molar-refractivity contribution in [2.45, 2.75) is 40.5 Å². The average Bonchev–Trinajstić information content (AvgIpc) is 2.96. The van der Waals surface area contributed by atoms with Crippen LogP contribution in [-0.4, -0.2) is 5.91 Å². The topological polar surface area (TPSA) is 72.5 Å². The molecule has 0 saturated heterocycles. The molecule has 6 heteroatoms. The first-order chi connectivity index (χ1) is 14.2. The minimum atomic E-state index is -0.425.